The van der Waals surface area contributed by atoms with E-state index in [1.807, 2.05) is 49.4 Å². The molecular weight excluding hydrogens is 374 g/mol. The van der Waals surface area contributed by atoms with Gasteiger partial charge in [-0.1, -0.05) is 37.3 Å². The fraction of sp³-hybridized carbons (Fsp3) is 0.360. The van der Waals surface area contributed by atoms with Gasteiger partial charge in [0.05, 0.1) is 18.2 Å². The third-order valence-corrected chi connectivity index (χ3v) is 6.19. The molecule has 5 nitrogen and oxygen atoms in total. The van der Waals surface area contributed by atoms with Gasteiger partial charge in [-0.25, -0.2) is 0 Å². The Balaban J connectivity index is 1.82. The molecule has 1 N–H and O–H groups in total. The van der Waals surface area contributed by atoms with Crippen molar-refractivity contribution in [2.45, 2.75) is 39.3 Å². The molecule has 3 aromatic rings. The summed E-state index contributed by atoms with van der Waals surface area (Å²) in [4.78, 5) is 20.2. The summed E-state index contributed by atoms with van der Waals surface area (Å²) in [6, 6.07) is 15.3. The lowest BCUT2D eigenvalue weighted by Crippen LogP contribution is -2.40. The number of piperidine rings is 1. The minimum Gasteiger partial charge on any atom is -0.507 e. The minimum atomic E-state index is -0.282. The average molecular weight is 404 g/mol. The fourth-order valence-corrected chi connectivity index (χ4v) is 4.38. The molecule has 1 atom stereocenters. The molecule has 1 aliphatic heterocycles. The van der Waals surface area contributed by atoms with Crippen molar-refractivity contribution >= 4 is 0 Å². The lowest BCUT2D eigenvalue weighted by atomic mass is 9.92. The smallest absolute Gasteiger partial charge is 0.259 e. The van der Waals surface area contributed by atoms with Crippen molar-refractivity contribution in [3.63, 3.8) is 0 Å². The molecule has 1 aliphatic rings. The predicted molar refractivity (Wildman–Crippen MR) is 119 cm³/mol. The number of hydrogen-bond donors (Lipinski definition) is 1. The van der Waals surface area contributed by atoms with E-state index in [4.69, 9.17) is 0 Å². The summed E-state index contributed by atoms with van der Waals surface area (Å²) in [5.41, 5.74) is 3.13. The summed E-state index contributed by atoms with van der Waals surface area (Å²) in [6.45, 7) is 6.44. The molecule has 1 saturated heterocycles. The van der Waals surface area contributed by atoms with E-state index in [9.17, 15) is 9.90 Å². The number of aryl methyl sites for hydroxylation is 1. The molecule has 0 bridgehead atoms. The van der Waals surface area contributed by atoms with Gasteiger partial charge in [0.15, 0.2) is 0 Å². The van der Waals surface area contributed by atoms with Crippen molar-refractivity contribution in [2.24, 2.45) is 5.92 Å². The van der Waals surface area contributed by atoms with Crippen LogP contribution < -0.4 is 5.56 Å². The normalized spacial score (nSPS) is 16.5. The Morgan fingerprint density at radius 1 is 1.10 bits per heavy atom. The topological polar surface area (TPSA) is 58.4 Å². The van der Waals surface area contributed by atoms with Crippen molar-refractivity contribution in [3.8, 4) is 5.75 Å². The number of benzene rings is 1. The summed E-state index contributed by atoms with van der Waals surface area (Å²) in [5, 5.41) is 10.9. The van der Waals surface area contributed by atoms with Crippen LogP contribution in [-0.4, -0.2) is 32.6 Å². The molecular formula is C25H29N3O2. The van der Waals surface area contributed by atoms with Gasteiger partial charge in [0.1, 0.15) is 5.75 Å². The average Bonchev–Trinajstić information content (AvgIpc) is 2.76. The fourth-order valence-electron chi connectivity index (χ4n) is 4.38. The number of likely N-dealkylation sites (tertiary alicyclic amines) is 1. The van der Waals surface area contributed by atoms with Crippen LogP contribution in [0.4, 0.5) is 0 Å². The molecule has 30 heavy (non-hydrogen) atoms. The first-order valence-corrected chi connectivity index (χ1v) is 10.7. The highest BCUT2D eigenvalue weighted by atomic mass is 16.3. The molecule has 5 heteroatoms. The van der Waals surface area contributed by atoms with Crippen LogP contribution in [0.2, 0.25) is 0 Å². The first kappa shape index (κ1) is 20.4. The van der Waals surface area contributed by atoms with E-state index in [1.165, 1.54) is 0 Å². The van der Waals surface area contributed by atoms with Crippen LogP contribution in [0.25, 0.3) is 0 Å². The maximum atomic E-state index is 13.7. The van der Waals surface area contributed by atoms with Gasteiger partial charge >= 0.3 is 0 Å². The van der Waals surface area contributed by atoms with Gasteiger partial charge in [-0.15, -0.1) is 0 Å². The summed E-state index contributed by atoms with van der Waals surface area (Å²) in [7, 11) is 0. The van der Waals surface area contributed by atoms with Crippen molar-refractivity contribution < 1.29 is 5.11 Å². The third-order valence-electron chi connectivity index (χ3n) is 6.19. The van der Waals surface area contributed by atoms with Crippen LogP contribution in [0, 0.1) is 12.8 Å². The predicted octanol–water partition coefficient (Wildman–Crippen LogP) is 4.13. The van der Waals surface area contributed by atoms with Crippen molar-refractivity contribution in [1.29, 1.82) is 0 Å². The molecule has 0 amide bonds. The van der Waals surface area contributed by atoms with E-state index in [0.717, 1.165) is 42.8 Å². The van der Waals surface area contributed by atoms with E-state index in [2.05, 4.69) is 16.8 Å². The van der Waals surface area contributed by atoms with Gasteiger partial charge in [-0.3, -0.25) is 14.7 Å². The van der Waals surface area contributed by atoms with Gasteiger partial charge in [0.2, 0.25) is 0 Å². The molecule has 0 spiro atoms. The van der Waals surface area contributed by atoms with Gasteiger partial charge in [-0.05, 0) is 68.1 Å². The zero-order valence-corrected chi connectivity index (χ0v) is 17.7. The zero-order chi connectivity index (χ0) is 21.1. The molecule has 2 aromatic heterocycles. The Bertz CT molecular complexity index is 1040. The number of rotatable bonds is 5. The molecule has 0 aliphatic carbocycles. The Labute approximate surface area is 177 Å². The van der Waals surface area contributed by atoms with E-state index in [0.29, 0.717) is 18.0 Å². The zero-order valence-electron chi connectivity index (χ0n) is 17.7. The quantitative estimate of drug-likeness (QED) is 0.696. The highest BCUT2D eigenvalue weighted by Gasteiger charge is 2.31. The van der Waals surface area contributed by atoms with Crippen LogP contribution in [-0.2, 0) is 6.54 Å². The molecule has 4 rings (SSSR count). The maximum absolute atomic E-state index is 13.7. The molecule has 156 valence electrons. The first-order chi connectivity index (χ1) is 14.5. The summed E-state index contributed by atoms with van der Waals surface area (Å²) in [5.74, 6) is 0.753. The third kappa shape index (κ3) is 4.17. The monoisotopic (exact) mass is 403 g/mol. The van der Waals surface area contributed by atoms with E-state index < -0.39 is 0 Å². The second-order valence-electron chi connectivity index (χ2n) is 8.36. The van der Waals surface area contributed by atoms with Crippen LogP contribution >= 0.6 is 0 Å². The SMILES string of the molecule is Cc1cc(O)c([C@H](c2ccncc2)N2CCC(C)CC2)c(=O)n1Cc1ccccc1. The molecule has 0 radical (unpaired) electrons. The summed E-state index contributed by atoms with van der Waals surface area (Å²) in [6.07, 6.45) is 5.68. The molecule has 3 heterocycles. The molecule has 0 unspecified atom stereocenters. The number of nitrogens with zero attached hydrogens (tertiary/aromatic N) is 3. The van der Waals surface area contributed by atoms with Gasteiger partial charge in [0.25, 0.3) is 5.56 Å². The van der Waals surface area contributed by atoms with Gasteiger partial charge < -0.3 is 9.67 Å². The molecule has 1 fully saturated rings. The van der Waals surface area contributed by atoms with Crippen molar-refractivity contribution in [3.05, 3.63) is 93.7 Å². The Morgan fingerprint density at radius 2 is 1.77 bits per heavy atom. The van der Waals surface area contributed by atoms with Crippen molar-refractivity contribution in [2.75, 3.05) is 13.1 Å². The molecule has 0 saturated carbocycles. The van der Waals surface area contributed by atoms with Crippen LogP contribution in [0.15, 0.2) is 65.7 Å². The number of pyridine rings is 2. The second-order valence-corrected chi connectivity index (χ2v) is 8.36. The number of aromatic hydroxyl groups is 1. The van der Waals surface area contributed by atoms with Gasteiger partial charge in [-0.2, -0.15) is 0 Å². The Morgan fingerprint density at radius 3 is 2.43 bits per heavy atom. The molecule has 1 aromatic carbocycles. The van der Waals surface area contributed by atoms with Crippen LogP contribution in [0.1, 0.15) is 48.2 Å². The highest BCUT2D eigenvalue weighted by molar-refractivity contribution is 5.41. The van der Waals surface area contributed by atoms with Crippen LogP contribution in [0.3, 0.4) is 0 Å². The van der Waals surface area contributed by atoms with Crippen molar-refractivity contribution in [1.82, 2.24) is 14.5 Å². The highest BCUT2D eigenvalue weighted by Crippen LogP contribution is 2.35. The number of aromatic nitrogens is 2. The summed E-state index contributed by atoms with van der Waals surface area (Å²) >= 11 is 0. The lowest BCUT2D eigenvalue weighted by Gasteiger charge is -2.37. The van der Waals surface area contributed by atoms with Gasteiger partial charge in [0, 0.05) is 18.1 Å². The Hall–Kier alpha value is -2.92. The van der Waals surface area contributed by atoms with E-state index >= 15 is 0 Å². The summed E-state index contributed by atoms with van der Waals surface area (Å²) < 4.78 is 1.77. The largest absolute Gasteiger partial charge is 0.507 e. The van der Waals surface area contributed by atoms with Crippen LogP contribution in [0.5, 0.6) is 5.75 Å². The maximum Gasteiger partial charge on any atom is 0.259 e. The van der Waals surface area contributed by atoms with E-state index in [-0.39, 0.29) is 17.4 Å². The lowest BCUT2D eigenvalue weighted by molar-refractivity contribution is 0.154. The number of hydrogen-bond acceptors (Lipinski definition) is 4. The standard InChI is InChI=1S/C25H29N3O2/c1-18-10-14-27(15-11-18)24(21-8-12-26-13-9-21)23-22(29)16-19(2)28(25(23)30)17-20-6-4-3-5-7-20/h3-9,12-13,16,18,24,29H,10-11,14-15,17H2,1-2H3/t24-/m0/s1. The Kier molecular flexibility index (Phi) is 6.00. The second kappa shape index (κ2) is 8.84. The van der Waals surface area contributed by atoms with E-state index in [1.54, 1.807) is 23.0 Å². The first-order valence-electron chi connectivity index (χ1n) is 10.7. The minimum absolute atomic E-state index is 0.0715.